The van der Waals surface area contributed by atoms with Crippen molar-refractivity contribution in [3.63, 3.8) is 0 Å². The largest absolute Gasteiger partial charge is 0.468 e. The SMILES string of the molecule is CCC1(C(=O)OC)C(F)C2CCC(C1c1ccccc1F)N2C. The first-order valence-corrected chi connectivity index (χ1v) is 8.17. The number of carbonyl (C=O) groups is 1. The molecule has 3 nitrogen and oxygen atoms in total. The summed E-state index contributed by atoms with van der Waals surface area (Å²) < 4.78 is 35.0. The van der Waals surface area contributed by atoms with E-state index in [0.29, 0.717) is 18.4 Å². The molecule has 1 aromatic rings. The second kappa shape index (κ2) is 5.86. The fourth-order valence-corrected chi connectivity index (χ4v) is 4.81. The van der Waals surface area contributed by atoms with Gasteiger partial charge < -0.3 is 4.74 Å². The van der Waals surface area contributed by atoms with Gasteiger partial charge in [-0.2, -0.15) is 0 Å². The van der Waals surface area contributed by atoms with Gasteiger partial charge in [0.05, 0.1) is 7.11 Å². The number of halogens is 2. The third-order valence-electron chi connectivity index (χ3n) is 5.96. The average molecular weight is 323 g/mol. The van der Waals surface area contributed by atoms with Gasteiger partial charge in [0.1, 0.15) is 17.4 Å². The fourth-order valence-electron chi connectivity index (χ4n) is 4.81. The van der Waals surface area contributed by atoms with E-state index in [2.05, 4.69) is 0 Å². The number of piperidine rings is 1. The number of hydrogen-bond donors (Lipinski definition) is 0. The van der Waals surface area contributed by atoms with E-state index < -0.39 is 23.5 Å². The Morgan fingerprint density at radius 1 is 1.35 bits per heavy atom. The van der Waals surface area contributed by atoms with Gasteiger partial charge in [-0.1, -0.05) is 25.1 Å². The number of nitrogens with zero attached hydrogens (tertiary/aromatic N) is 1. The molecule has 126 valence electrons. The Bertz CT molecular complexity index is 608. The van der Waals surface area contributed by atoms with Crippen LogP contribution in [-0.4, -0.2) is 43.3 Å². The number of fused-ring (bicyclic) bond motifs is 2. The minimum absolute atomic E-state index is 0.0528. The molecular weight excluding hydrogens is 300 g/mol. The Morgan fingerprint density at radius 2 is 2.00 bits per heavy atom. The molecular formula is C18H23F2NO2. The van der Waals surface area contributed by atoms with Crippen LogP contribution in [0.3, 0.4) is 0 Å². The highest BCUT2D eigenvalue weighted by atomic mass is 19.1. The van der Waals surface area contributed by atoms with E-state index in [9.17, 15) is 9.18 Å². The molecule has 2 heterocycles. The number of rotatable bonds is 3. The lowest BCUT2D eigenvalue weighted by Gasteiger charge is -2.51. The van der Waals surface area contributed by atoms with Gasteiger partial charge in [-0.25, -0.2) is 8.78 Å². The molecule has 2 aliphatic heterocycles. The summed E-state index contributed by atoms with van der Waals surface area (Å²) in [5.41, 5.74) is -0.908. The van der Waals surface area contributed by atoms with Gasteiger partial charge in [0.25, 0.3) is 0 Å². The van der Waals surface area contributed by atoms with Gasteiger partial charge in [0.2, 0.25) is 0 Å². The van der Waals surface area contributed by atoms with Crippen molar-refractivity contribution in [1.29, 1.82) is 0 Å². The number of alkyl halides is 1. The van der Waals surface area contributed by atoms with E-state index >= 15 is 4.39 Å². The molecule has 2 fully saturated rings. The van der Waals surface area contributed by atoms with E-state index in [0.717, 1.165) is 6.42 Å². The van der Waals surface area contributed by atoms with Gasteiger partial charge in [-0.3, -0.25) is 9.69 Å². The van der Waals surface area contributed by atoms with Crippen molar-refractivity contribution in [2.75, 3.05) is 14.2 Å². The normalized spacial score (nSPS) is 36.9. The van der Waals surface area contributed by atoms with Crippen LogP contribution in [0.2, 0.25) is 0 Å². The molecule has 2 saturated heterocycles. The Morgan fingerprint density at radius 3 is 2.61 bits per heavy atom. The first-order valence-electron chi connectivity index (χ1n) is 8.17. The van der Waals surface area contributed by atoms with Crippen LogP contribution in [0.1, 0.15) is 37.7 Å². The van der Waals surface area contributed by atoms with Crippen LogP contribution < -0.4 is 0 Å². The highest BCUT2D eigenvalue weighted by Crippen LogP contribution is 2.57. The molecule has 0 N–H and O–H groups in total. The molecule has 23 heavy (non-hydrogen) atoms. The van der Waals surface area contributed by atoms with E-state index in [1.165, 1.54) is 13.2 Å². The van der Waals surface area contributed by atoms with E-state index in [1.807, 2.05) is 11.9 Å². The predicted molar refractivity (Wildman–Crippen MR) is 83.4 cm³/mol. The minimum Gasteiger partial charge on any atom is -0.468 e. The number of carbonyl (C=O) groups excluding carboxylic acids is 1. The zero-order valence-electron chi connectivity index (χ0n) is 13.8. The Labute approximate surface area is 135 Å². The van der Waals surface area contributed by atoms with Crippen LogP contribution in [0.5, 0.6) is 0 Å². The molecule has 2 bridgehead atoms. The van der Waals surface area contributed by atoms with Crippen LogP contribution in [0.15, 0.2) is 24.3 Å². The lowest BCUT2D eigenvalue weighted by atomic mass is 9.61. The molecule has 0 amide bonds. The van der Waals surface area contributed by atoms with Crippen molar-refractivity contribution in [2.45, 2.75) is 50.4 Å². The third kappa shape index (κ3) is 2.12. The van der Waals surface area contributed by atoms with Crippen LogP contribution in [0, 0.1) is 11.2 Å². The number of ether oxygens (including phenoxy) is 1. The maximum absolute atomic E-state index is 15.5. The third-order valence-corrected chi connectivity index (χ3v) is 5.96. The molecule has 1 aromatic carbocycles. The summed E-state index contributed by atoms with van der Waals surface area (Å²) in [6.45, 7) is 1.79. The van der Waals surface area contributed by atoms with Gasteiger partial charge >= 0.3 is 5.97 Å². The topological polar surface area (TPSA) is 29.5 Å². The number of hydrogen-bond acceptors (Lipinski definition) is 3. The van der Waals surface area contributed by atoms with Gasteiger partial charge in [-0.15, -0.1) is 0 Å². The fraction of sp³-hybridized carbons (Fsp3) is 0.611. The molecule has 0 saturated carbocycles. The second-order valence-corrected chi connectivity index (χ2v) is 6.66. The van der Waals surface area contributed by atoms with Crippen LogP contribution in [0.25, 0.3) is 0 Å². The molecule has 2 aliphatic rings. The van der Waals surface area contributed by atoms with Gasteiger partial charge in [-0.05, 0) is 37.9 Å². The lowest BCUT2D eigenvalue weighted by Crippen LogP contribution is -2.62. The minimum atomic E-state index is -1.37. The Kier molecular flexibility index (Phi) is 4.17. The van der Waals surface area contributed by atoms with Crippen molar-refractivity contribution in [1.82, 2.24) is 4.90 Å². The first-order chi connectivity index (χ1) is 11.0. The van der Waals surface area contributed by atoms with Crippen molar-refractivity contribution in [3.05, 3.63) is 35.6 Å². The number of methoxy groups -OCH3 is 1. The van der Waals surface area contributed by atoms with Gasteiger partial charge in [0, 0.05) is 18.0 Å². The van der Waals surface area contributed by atoms with Crippen molar-refractivity contribution in [3.8, 4) is 0 Å². The quantitative estimate of drug-likeness (QED) is 0.800. The molecule has 0 aromatic heterocycles. The molecule has 0 spiro atoms. The summed E-state index contributed by atoms with van der Waals surface area (Å²) in [7, 11) is 3.16. The summed E-state index contributed by atoms with van der Waals surface area (Å²) in [6.07, 6.45) is 0.375. The van der Waals surface area contributed by atoms with Gasteiger partial charge in [0.15, 0.2) is 0 Å². The molecule has 3 rings (SSSR count). The van der Waals surface area contributed by atoms with Crippen LogP contribution >= 0.6 is 0 Å². The Balaban J connectivity index is 2.21. The zero-order valence-corrected chi connectivity index (χ0v) is 13.8. The maximum Gasteiger partial charge on any atom is 0.315 e. The summed E-state index contributed by atoms with van der Waals surface area (Å²) in [6, 6.07) is 6.05. The lowest BCUT2D eigenvalue weighted by molar-refractivity contribution is -0.169. The molecule has 0 aliphatic carbocycles. The Hall–Kier alpha value is -1.49. The predicted octanol–water partition coefficient (Wildman–Crippen LogP) is 3.29. The van der Waals surface area contributed by atoms with Crippen molar-refractivity contribution in [2.24, 2.45) is 5.41 Å². The number of benzene rings is 1. The highest BCUT2D eigenvalue weighted by molar-refractivity contribution is 5.80. The van der Waals surface area contributed by atoms with Crippen LogP contribution in [0.4, 0.5) is 8.78 Å². The van der Waals surface area contributed by atoms with Crippen LogP contribution in [-0.2, 0) is 9.53 Å². The van der Waals surface area contributed by atoms with Crippen molar-refractivity contribution < 1.29 is 18.3 Å². The zero-order chi connectivity index (χ0) is 16.8. The first kappa shape index (κ1) is 16.4. The van der Waals surface area contributed by atoms with E-state index in [1.54, 1.807) is 25.1 Å². The number of esters is 1. The molecule has 0 radical (unpaired) electrons. The maximum atomic E-state index is 15.5. The average Bonchev–Trinajstić information content (AvgIpc) is 2.86. The monoisotopic (exact) mass is 323 g/mol. The molecule has 5 heteroatoms. The number of likely N-dealkylation sites (N-methyl/N-ethyl adjacent to an activating group) is 1. The summed E-state index contributed by atoms with van der Waals surface area (Å²) in [5, 5.41) is 0. The summed E-state index contributed by atoms with van der Waals surface area (Å²) in [4.78, 5) is 14.6. The second-order valence-electron chi connectivity index (χ2n) is 6.66. The molecule has 5 unspecified atom stereocenters. The summed E-state index contributed by atoms with van der Waals surface area (Å²) >= 11 is 0. The highest BCUT2D eigenvalue weighted by Gasteiger charge is 2.64. The van der Waals surface area contributed by atoms with E-state index in [4.69, 9.17) is 4.74 Å². The van der Waals surface area contributed by atoms with E-state index in [-0.39, 0.29) is 17.9 Å². The standard InChI is InChI=1S/C18H23F2NO2/c1-4-18(17(22)23-3)15(11-7-5-6-8-12(11)19)13-9-10-14(16(18)20)21(13)2/h5-8,13-16H,4,9-10H2,1-3H3. The molecule has 5 atom stereocenters. The summed E-state index contributed by atoms with van der Waals surface area (Å²) in [5.74, 6) is -1.49. The smallest absolute Gasteiger partial charge is 0.315 e. The van der Waals surface area contributed by atoms with Crippen molar-refractivity contribution >= 4 is 5.97 Å².